The van der Waals surface area contributed by atoms with Gasteiger partial charge in [0.05, 0.1) is 30.7 Å². The predicted octanol–water partition coefficient (Wildman–Crippen LogP) is 1.42. The van der Waals surface area contributed by atoms with Gasteiger partial charge < -0.3 is 10.1 Å². The van der Waals surface area contributed by atoms with Crippen LogP contribution in [-0.4, -0.2) is 33.2 Å². The van der Waals surface area contributed by atoms with Crippen LogP contribution in [0.25, 0.3) is 0 Å². The quantitative estimate of drug-likeness (QED) is 0.867. The number of nitrogens with one attached hydrogen (secondary N) is 1. The van der Waals surface area contributed by atoms with Crippen LogP contribution in [0.2, 0.25) is 0 Å². The van der Waals surface area contributed by atoms with Crippen LogP contribution in [0.5, 0.6) is 5.75 Å². The summed E-state index contributed by atoms with van der Waals surface area (Å²) >= 11 is 0. The van der Waals surface area contributed by atoms with Gasteiger partial charge in [0.1, 0.15) is 5.69 Å². The molecule has 0 aliphatic carbocycles. The van der Waals surface area contributed by atoms with Gasteiger partial charge in [-0.2, -0.15) is 10.2 Å². The Morgan fingerprint density at radius 1 is 1.30 bits per heavy atom. The monoisotopic (exact) mass is 277 g/mol. The van der Waals surface area contributed by atoms with Crippen molar-refractivity contribution < 1.29 is 4.74 Å². The molecule has 1 unspecified atom stereocenters. The molecule has 0 bridgehead atoms. The molecule has 0 aliphatic heterocycles. The van der Waals surface area contributed by atoms with E-state index in [0.29, 0.717) is 0 Å². The molecule has 20 heavy (non-hydrogen) atoms. The maximum absolute atomic E-state index is 5.43. The molecule has 0 aromatic carbocycles. The zero-order valence-corrected chi connectivity index (χ0v) is 12.8. The molecule has 6 nitrogen and oxygen atoms in total. The summed E-state index contributed by atoms with van der Waals surface area (Å²) in [5.74, 6) is 0.790. The van der Waals surface area contributed by atoms with Gasteiger partial charge in [0.2, 0.25) is 0 Å². The van der Waals surface area contributed by atoms with E-state index in [4.69, 9.17) is 4.74 Å². The van der Waals surface area contributed by atoms with Crippen LogP contribution in [0.1, 0.15) is 37.0 Å². The summed E-state index contributed by atoms with van der Waals surface area (Å²) in [5, 5.41) is 12.3. The van der Waals surface area contributed by atoms with Crippen LogP contribution < -0.4 is 10.1 Å². The Balaban J connectivity index is 2.49. The van der Waals surface area contributed by atoms with E-state index in [0.717, 1.165) is 35.8 Å². The molecule has 1 atom stereocenters. The minimum Gasteiger partial charge on any atom is -0.493 e. The van der Waals surface area contributed by atoms with Gasteiger partial charge in [-0.3, -0.25) is 9.36 Å². The average Bonchev–Trinajstić information content (AvgIpc) is 2.99. The first kappa shape index (κ1) is 14.6. The number of methoxy groups -OCH3 is 1. The first-order valence-corrected chi connectivity index (χ1v) is 6.94. The van der Waals surface area contributed by atoms with Gasteiger partial charge in [0, 0.05) is 14.1 Å². The second-order valence-electron chi connectivity index (χ2n) is 4.75. The van der Waals surface area contributed by atoms with E-state index in [1.54, 1.807) is 13.3 Å². The van der Waals surface area contributed by atoms with Gasteiger partial charge >= 0.3 is 0 Å². The highest BCUT2D eigenvalue weighted by Gasteiger charge is 2.24. The van der Waals surface area contributed by atoms with E-state index >= 15 is 0 Å². The highest BCUT2D eigenvalue weighted by molar-refractivity contribution is 5.34. The van der Waals surface area contributed by atoms with Crippen molar-refractivity contribution in [3.63, 3.8) is 0 Å². The molecule has 2 heterocycles. The lowest BCUT2D eigenvalue weighted by Gasteiger charge is -2.19. The van der Waals surface area contributed by atoms with Gasteiger partial charge in [0.25, 0.3) is 0 Å². The van der Waals surface area contributed by atoms with Crippen LogP contribution in [0.15, 0.2) is 12.3 Å². The van der Waals surface area contributed by atoms with Gasteiger partial charge in [0.15, 0.2) is 5.75 Å². The fourth-order valence-corrected chi connectivity index (χ4v) is 2.44. The zero-order valence-electron chi connectivity index (χ0n) is 12.8. The molecule has 0 spiro atoms. The van der Waals surface area contributed by atoms with Crippen molar-refractivity contribution in [1.29, 1.82) is 0 Å². The number of ether oxygens (including phenoxy) is 1. The van der Waals surface area contributed by atoms with Gasteiger partial charge in [-0.25, -0.2) is 0 Å². The van der Waals surface area contributed by atoms with Crippen LogP contribution in [0, 0.1) is 0 Å². The van der Waals surface area contributed by atoms with Crippen LogP contribution >= 0.6 is 0 Å². The van der Waals surface area contributed by atoms with Crippen molar-refractivity contribution in [1.82, 2.24) is 24.9 Å². The predicted molar refractivity (Wildman–Crippen MR) is 77.9 cm³/mol. The number of aromatic nitrogens is 4. The summed E-state index contributed by atoms with van der Waals surface area (Å²) in [6, 6.07) is 2.15. The van der Waals surface area contributed by atoms with Crippen LogP contribution in [0.3, 0.4) is 0 Å². The van der Waals surface area contributed by atoms with Crippen molar-refractivity contribution in [3.05, 3.63) is 29.3 Å². The fraction of sp³-hybridized carbons (Fsp3) is 0.571. The van der Waals surface area contributed by atoms with Crippen molar-refractivity contribution in [2.75, 3.05) is 13.7 Å². The summed E-state index contributed by atoms with van der Waals surface area (Å²) in [4.78, 5) is 0. The van der Waals surface area contributed by atoms with Crippen molar-refractivity contribution >= 4 is 0 Å². The molecule has 2 aromatic heterocycles. The number of aryl methyl sites for hydroxylation is 3. The Morgan fingerprint density at radius 3 is 2.60 bits per heavy atom. The van der Waals surface area contributed by atoms with E-state index in [9.17, 15) is 0 Å². The molecule has 0 radical (unpaired) electrons. The Labute approximate surface area is 119 Å². The minimum absolute atomic E-state index is 0.0141. The van der Waals surface area contributed by atoms with Crippen molar-refractivity contribution in [2.24, 2.45) is 14.1 Å². The number of nitrogens with zero attached hydrogens (tertiary/aromatic N) is 4. The SMILES string of the molecule is CCNC(c1cc(CC)nn1C)c1c(OC)cnn1C. The molecule has 6 heteroatoms. The Kier molecular flexibility index (Phi) is 4.44. The number of hydrogen-bond acceptors (Lipinski definition) is 4. The molecule has 1 N–H and O–H groups in total. The summed E-state index contributed by atoms with van der Waals surface area (Å²) in [6.07, 6.45) is 2.67. The van der Waals surface area contributed by atoms with Crippen LogP contribution in [0.4, 0.5) is 0 Å². The normalized spacial score (nSPS) is 12.7. The fourth-order valence-electron chi connectivity index (χ4n) is 2.44. The highest BCUT2D eigenvalue weighted by Crippen LogP contribution is 2.29. The summed E-state index contributed by atoms with van der Waals surface area (Å²) in [7, 11) is 5.57. The Hall–Kier alpha value is -1.82. The van der Waals surface area contributed by atoms with E-state index < -0.39 is 0 Å². The Morgan fingerprint density at radius 2 is 2.05 bits per heavy atom. The topological polar surface area (TPSA) is 56.9 Å². The van der Waals surface area contributed by atoms with Crippen molar-refractivity contribution in [2.45, 2.75) is 26.3 Å². The first-order chi connectivity index (χ1) is 9.62. The lowest BCUT2D eigenvalue weighted by Crippen LogP contribution is -2.26. The smallest absolute Gasteiger partial charge is 0.161 e. The maximum atomic E-state index is 5.43. The molecule has 110 valence electrons. The second kappa shape index (κ2) is 6.09. The molecule has 0 fully saturated rings. The highest BCUT2D eigenvalue weighted by atomic mass is 16.5. The third-order valence-corrected chi connectivity index (χ3v) is 3.48. The third-order valence-electron chi connectivity index (χ3n) is 3.48. The minimum atomic E-state index is 0.0141. The number of rotatable bonds is 6. The Bertz CT molecular complexity index is 572. The average molecular weight is 277 g/mol. The lowest BCUT2D eigenvalue weighted by atomic mass is 10.1. The standard InChI is InChI=1S/C14H23N5O/c1-6-10-8-11(18(3)17-10)13(15-7-2)14-12(20-5)9-16-19(14)4/h8-9,13,15H,6-7H2,1-5H3. The molecule has 0 saturated heterocycles. The van der Waals surface area contributed by atoms with E-state index in [-0.39, 0.29) is 6.04 Å². The van der Waals surface area contributed by atoms with Crippen LogP contribution in [-0.2, 0) is 20.5 Å². The number of hydrogen-bond donors (Lipinski definition) is 1. The van der Waals surface area contributed by atoms with Gasteiger partial charge in [-0.1, -0.05) is 13.8 Å². The lowest BCUT2D eigenvalue weighted by molar-refractivity contribution is 0.399. The molecule has 2 aromatic rings. The first-order valence-electron chi connectivity index (χ1n) is 6.94. The zero-order chi connectivity index (χ0) is 14.7. The summed E-state index contributed by atoms with van der Waals surface area (Å²) in [6.45, 7) is 5.05. The summed E-state index contributed by atoms with van der Waals surface area (Å²) < 4.78 is 9.22. The van der Waals surface area contributed by atoms with Gasteiger partial charge in [-0.15, -0.1) is 0 Å². The van der Waals surface area contributed by atoms with E-state index in [1.807, 2.05) is 23.5 Å². The molecule has 2 rings (SSSR count). The van der Waals surface area contributed by atoms with E-state index in [1.165, 1.54) is 0 Å². The van der Waals surface area contributed by atoms with Crippen molar-refractivity contribution in [3.8, 4) is 5.75 Å². The van der Waals surface area contributed by atoms with Gasteiger partial charge in [-0.05, 0) is 19.0 Å². The molecular formula is C14H23N5O. The largest absolute Gasteiger partial charge is 0.493 e. The summed E-state index contributed by atoms with van der Waals surface area (Å²) in [5.41, 5.74) is 3.22. The molecular weight excluding hydrogens is 254 g/mol. The second-order valence-corrected chi connectivity index (χ2v) is 4.75. The molecule has 0 amide bonds. The molecule has 0 aliphatic rings. The van der Waals surface area contributed by atoms with E-state index in [2.05, 4.69) is 35.4 Å². The third kappa shape index (κ3) is 2.56. The maximum Gasteiger partial charge on any atom is 0.161 e. The molecule has 0 saturated carbocycles.